The van der Waals surface area contributed by atoms with Crippen molar-refractivity contribution in [3.8, 4) is 5.75 Å². The number of methoxy groups -OCH3 is 1. The highest BCUT2D eigenvalue weighted by Crippen LogP contribution is 2.31. The topological polar surface area (TPSA) is 61.9 Å². The van der Waals surface area contributed by atoms with E-state index in [1.807, 2.05) is 29.2 Å². The molecule has 0 aromatic heterocycles. The van der Waals surface area contributed by atoms with Crippen molar-refractivity contribution in [3.63, 3.8) is 0 Å². The van der Waals surface area contributed by atoms with Gasteiger partial charge in [-0.2, -0.15) is 0 Å². The lowest BCUT2D eigenvalue weighted by molar-refractivity contribution is -0.134. The molecule has 1 N–H and O–H groups in total. The van der Waals surface area contributed by atoms with Gasteiger partial charge in [0.25, 0.3) is 0 Å². The second-order valence-corrected chi connectivity index (χ2v) is 9.07. The fraction of sp³-hybridized carbons (Fsp3) is 0.667. The average molecular weight is 416 g/mol. The van der Waals surface area contributed by atoms with E-state index >= 15 is 0 Å². The van der Waals surface area contributed by atoms with Crippen molar-refractivity contribution in [3.05, 3.63) is 29.8 Å². The molecule has 0 radical (unpaired) electrons. The molecule has 2 fully saturated rings. The molecule has 1 aromatic rings. The lowest BCUT2D eigenvalue weighted by atomic mass is 9.94. The normalized spacial score (nSPS) is 19.1. The maximum atomic E-state index is 13.0. The van der Waals surface area contributed by atoms with Crippen LogP contribution < -0.4 is 10.1 Å². The first-order valence-corrected chi connectivity index (χ1v) is 11.4. The zero-order valence-corrected chi connectivity index (χ0v) is 18.7. The Morgan fingerprint density at radius 1 is 1.07 bits per heavy atom. The summed E-state index contributed by atoms with van der Waals surface area (Å²) >= 11 is 0. The summed E-state index contributed by atoms with van der Waals surface area (Å²) in [4.78, 5) is 30.0. The van der Waals surface area contributed by atoms with Gasteiger partial charge in [-0.1, -0.05) is 38.8 Å². The maximum Gasteiger partial charge on any atom is 0.237 e. The third-order valence-corrected chi connectivity index (χ3v) is 6.37. The molecular formula is C24H37N3O3. The zero-order valence-electron chi connectivity index (χ0n) is 18.7. The second kappa shape index (κ2) is 10.8. The number of carbonyl (C=O) groups is 2. The van der Waals surface area contributed by atoms with Crippen molar-refractivity contribution >= 4 is 11.8 Å². The molecule has 3 rings (SSSR count). The van der Waals surface area contributed by atoms with Crippen molar-refractivity contribution in [2.45, 2.75) is 52.0 Å². The molecule has 0 spiro atoms. The monoisotopic (exact) mass is 415 g/mol. The van der Waals surface area contributed by atoms with E-state index in [1.54, 1.807) is 7.11 Å². The first kappa shape index (κ1) is 22.6. The largest absolute Gasteiger partial charge is 0.497 e. The molecule has 1 aromatic carbocycles. The van der Waals surface area contributed by atoms with Gasteiger partial charge >= 0.3 is 0 Å². The molecule has 1 saturated carbocycles. The number of ether oxygens (including phenoxy) is 1. The predicted octanol–water partition coefficient (Wildman–Crippen LogP) is 2.71. The maximum absolute atomic E-state index is 13.0. The van der Waals surface area contributed by atoms with Crippen LogP contribution in [0.3, 0.4) is 0 Å². The molecule has 6 nitrogen and oxygen atoms in total. The Bertz CT molecular complexity index is 690. The summed E-state index contributed by atoms with van der Waals surface area (Å²) < 4.78 is 5.18. The quantitative estimate of drug-likeness (QED) is 0.709. The summed E-state index contributed by atoms with van der Waals surface area (Å²) in [5, 5.41) is 3.16. The van der Waals surface area contributed by atoms with Crippen LogP contribution in [-0.4, -0.2) is 67.5 Å². The van der Waals surface area contributed by atoms with Crippen LogP contribution in [0.5, 0.6) is 5.75 Å². The van der Waals surface area contributed by atoms with Gasteiger partial charge in [0.15, 0.2) is 0 Å². The lowest BCUT2D eigenvalue weighted by Gasteiger charge is -2.41. The smallest absolute Gasteiger partial charge is 0.237 e. The van der Waals surface area contributed by atoms with Gasteiger partial charge in [0.1, 0.15) is 5.75 Å². The first-order valence-electron chi connectivity index (χ1n) is 11.4. The van der Waals surface area contributed by atoms with E-state index in [0.29, 0.717) is 31.3 Å². The van der Waals surface area contributed by atoms with Crippen molar-refractivity contribution in [2.75, 3.05) is 39.8 Å². The number of benzene rings is 1. The summed E-state index contributed by atoms with van der Waals surface area (Å²) in [7, 11) is 1.64. The molecule has 0 unspecified atom stereocenters. The Kier molecular flexibility index (Phi) is 8.14. The number of hydrogen-bond donors (Lipinski definition) is 1. The molecule has 1 saturated heterocycles. The second-order valence-electron chi connectivity index (χ2n) is 9.07. The van der Waals surface area contributed by atoms with Gasteiger partial charge < -0.3 is 15.0 Å². The van der Waals surface area contributed by atoms with Crippen molar-refractivity contribution in [2.24, 2.45) is 11.8 Å². The average Bonchev–Trinajstić information content (AvgIpc) is 3.27. The van der Waals surface area contributed by atoms with E-state index in [2.05, 4.69) is 24.1 Å². The van der Waals surface area contributed by atoms with Gasteiger partial charge in [-0.25, -0.2) is 0 Å². The predicted molar refractivity (Wildman–Crippen MR) is 118 cm³/mol. The SMILES string of the molecule is COc1ccc(CC(=O)N2CCN([C@@H](C(=O)NCC(C)C)C3CCCC3)CC2)cc1. The number of nitrogens with one attached hydrogen (secondary N) is 1. The summed E-state index contributed by atoms with van der Waals surface area (Å²) in [6.07, 6.45) is 5.12. The molecule has 1 heterocycles. The Balaban J connectivity index is 1.55. The van der Waals surface area contributed by atoms with E-state index in [4.69, 9.17) is 4.74 Å². The van der Waals surface area contributed by atoms with Crippen LogP contribution in [0, 0.1) is 11.8 Å². The zero-order chi connectivity index (χ0) is 21.5. The van der Waals surface area contributed by atoms with Crippen LogP contribution in [-0.2, 0) is 16.0 Å². The summed E-state index contributed by atoms with van der Waals surface area (Å²) in [6.45, 7) is 7.89. The van der Waals surface area contributed by atoms with E-state index < -0.39 is 0 Å². The standard InChI is InChI=1S/C24H37N3O3/c1-18(2)17-25-24(29)23(20-6-4-5-7-20)27-14-12-26(13-15-27)22(28)16-19-8-10-21(30-3)11-9-19/h8-11,18,20,23H,4-7,12-17H2,1-3H3,(H,25,29)/t23-/m1/s1. The minimum atomic E-state index is -0.0508. The third kappa shape index (κ3) is 5.97. The van der Waals surface area contributed by atoms with Gasteiger partial charge in [-0.3, -0.25) is 14.5 Å². The molecule has 2 aliphatic rings. The molecule has 6 heteroatoms. The van der Waals surface area contributed by atoms with Crippen LogP contribution in [0.4, 0.5) is 0 Å². The van der Waals surface area contributed by atoms with Crippen molar-refractivity contribution < 1.29 is 14.3 Å². The Morgan fingerprint density at radius 3 is 2.27 bits per heavy atom. The van der Waals surface area contributed by atoms with Gasteiger partial charge in [0, 0.05) is 32.7 Å². The fourth-order valence-electron chi connectivity index (χ4n) is 4.64. The van der Waals surface area contributed by atoms with Crippen LogP contribution in [0.15, 0.2) is 24.3 Å². The van der Waals surface area contributed by atoms with Crippen LogP contribution in [0.25, 0.3) is 0 Å². The molecule has 30 heavy (non-hydrogen) atoms. The van der Waals surface area contributed by atoms with E-state index in [9.17, 15) is 9.59 Å². The summed E-state index contributed by atoms with van der Waals surface area (Å²) in [5.74, 6) is 2.02. The number of rotatable bonds is 8. The molecule has 2 amide bonds. The van der Waals surface area contributed by atoms with Crippen LogP contribution >= 0.6 is 0 Å². The van der Waals surface area contributed by atoms with Gasteiger partial charge in [0.2, 0.25) is 11.8 Å². The van der Waals surface area contributed by atoms with Crippen LogP contribution in [0.1, 0.15) is 45.1 Å². The minimum absolute atomic E-state index is 0.0508. The van der Waals surface area contributed by atoms with Crippen molar-refractivity contribution in [1.29, 1.82) is 0 Å². The highest BCUT2D eigenvalue weighted by Gasteiger charge is 2.37. The summed E-state index contributed by atoms with van der Waals surface area (Å²) in [5.41, 5.74) is 1.00. The molecule has 1 aliphatic carbocycles. The lowest BCUT2D eigenvalue weighted by Crippen LogP contribution is -2.58. The Hall–Kier alpha value is -2.08. The number of amides is 2. The molecule has 0 bridgehead atoms. The number of hydrogen-bond acceptors (Lipinski definition) is 4. The molecule has 1 atom stereocenters. The van der Waals surface area contributed by atoms with E-state index in [0.717, 1.165) is 43.8 Å². The Labute approximate surface area is 180 Å². The van der Waals surface area contributed by atoms with E-state index in [1.165, 1.54) is 12.8 Å². The minimum Gasteiger partial charge on any atom is -0.497 e. The van der Waals surface area contributed by atoms with Gasteiger partial charge in [-0.15, -0.1) is 0 Å². The molecule has 1 aliphatic heterocycles. The van der Waals surface area contributed by atoms with Crippen molar-refractivity contribution in [1.82, 2.24) is 15.1 Å². The third-order valence-electron chi connectivity index (χ3n) is 6.37. The number of piperazine rings is 1. The Morgan fingerprint density at radius 2 is 1.70 bits per heavy atom. The number of nitrogens with zero attached hydrogens (tertiary/aromatic N) is 2. The summed E-state index contributed by atoms with van der Waals surface area (Å²) in [6, 6.07) is 7.63. The van der Waals surface area contributed by atoms with E-state index in [-0.39, 0.29) is 17.9 Å². The van der Waals surface area contributed by atoms with Gasteiger partial charge in [-0.05, 0) is 42.4 Å². The molecular weight excluding hydrogens is 378 g/mol. The first-order chi connectivity index (χ1) is 14.5. The fourth-order valence-corrected chi connectivity index (χ4v) is 4.64. The van der Waals surface area contributed by atoms with Gasteiger partial charge in [0.05, 0.1) is 19.6 Å². The highest BCUT2D eigenvalue weighted by atomic mass is 16.5. The highest BCUT2D eigenvalue weighted by molar-refractivity contribution is 5.82. The van der Waals surface area contributed by atoms with Crippen LogP contribution in [0.2, 0.25) is 0 Å². The number of carbonyl (C=O) groups excluding carboxylic acids is 2. The molecule has 166 valence electrons.